The first-order valence-electron chi connectivity index (χ1n) is 9.92. The normalized spacial score (nSPS) is 32.1. The summed E-state index contributed by atoms with van der Waals surface area (Å²) < 4.78 is 11.3. The standard InChI is InChI=1S/C21H29N3O3/c1-3-10-27-23-13-15-4-5-16-12-20(8-6-17(25-2)7-9-20)21(18(16)11-15)14-26-19(22)24-21/h4-5,11,13,17H,3,6-10,12,14H2,1-2H3,(H2,22,24)/b23-13+. The second-order valence-corrected chi connectivity index (χ2v) is 7.98. The van der Waals surface area contributed by atoms with Crippen molar-refractivity contribution < 1.29 is 14.3 Å². The number of methoxy groups -OCH3 is 1. The molecule has 6 nitrogen and oxygen atoms in total. The Morgan fingerprint density at radius 2 is 2.19 bits per heavy atom. The van der Waals surface area contributed by atoms with Crippen LogP contribution < -0.4 is 5.73 Å². The average molecular weight is 371 g/mol. The fraction of sp³-hybridized carbons (Fsp3) is 0.619. The van der Waals surface area contributed by atoms with Crippen LogP contribution in [0.25, 0.3) is 0 Å². The average Bonchev–Trinajstić information content (AvgIpc) is 3.20. The minimum Gasteiger partial charge on any atom is -0.462 e. The third kappa shape index (κ3) is 3.00. The molecule has 1 heterocycles. The number of nitrogens with two attached hydrogens (primary N) is 1. The van der Waals surface area contributed by atoms with Crippen molar-refractivity contribution in [3.05, 3.63) is 34.9 Å². The molecule has 1 unspecified atom stereocenters. The molecule has 0 saturated heterocycles. The minimum absolute atomic E-state index is 0.0555. The van der Waals surface area contributed by atoms with Gasteiger partial charge in [0.15, 0.2) is 0 Å². The van der Waals surface area contributed by atoms with Crippen LogP contribution in [0.3, 0.4) is 0 Å². The molecule has 0 radical (unpaired) electrons. The Morgan fingerprint density at radius 3 is 2.85 bits per heavy atom. The number of rotatable bonds is 5. The molecule has 146 valence electrons. The zero-order chi connectivity index (χ0) is 18.9. The van der Waals surface area contributed by atoms with Crippen LogP contribution in [0.15, 0.2) is 28.3 Å². The topological polar surface area (TPSA) is 78.4 Å². The summed E-state index contributed by atoms with van der Waals surface area (Å²) in [7, 11) is 1.81. The van der Waals surface area contributed by atoms with E-state index in [2.05, 4.69) is 30.3 Å². The highest BCUT2D eigenvalue weighted by molar-refractivity contribution is 5.81. The molecule has 3 aliphatic rings. The van der Waals surface area contributed by atoms with E-state index in [0.29, 0.717) is 25.3 Å². The van der Waals surface area contributed by atoms with Gasteiger partial charge in [0.1, 0.15) is 18.8 Å². The molecule has 4 rings (SSSR count). The Balaban J connectivity index is 1.68. The molecular formula is C21H29N3O3. The molecule has 2 spiro atoms. The SMILES string of the molecule is CCCO/N=C/c1ccc2c(c1)C1(COC(N)=N1)C1(CCC(OC)CC1)C2. The summed E-state index contributed by atoms with van der Waals surface area (Å²) >= 11 is 0. The number of fused-ring (bicyclic) bond motifs is 3. The van der Waals surface area contributed by atoms with Crippen molar-refractivity contribution in [2.45, 2.75) is 57.1 Å². The lowest BCUT2D eigenvalue weighted by Gasteiger charge is -2.45. The third-order valence-corrected chi connectivity index (χ3v) is 6.51. The molecule has 1 aromatic rings. The molecule has 27 heavy (non-hydrogen) atoms. The molecular weight excluding hydrogens is 342 g/mol. The highest BCUT2D eigenvalue weighted by Gasteiger charge is 2.61. The Kier molecular flexibility index (Phi) is 4.84. The largest absolute Gasteiger partial charge is 0.462 e. The van der Waals surface area contributed by atoms with Crippen molar-refractivity contribution in [1.82, 2.24) is 0 Å². The molecule has 2 aliphatic carbocycles. The highest BCUT2D eigenvalue weighted by Crippen LogP contribution is 2.61. The zero-order valence-corrected chi connectivity index (χ0v) is 16.2. The van der Waals surface area contributed by atoms with Crippen LogP contribution in [0.2, 0.25) is 0 Å². The molecule has 1 fully saturated rings. The molecule has 1 atom stereocenters. The van der Waals surface area contributed by atoms with Crippen LogP contribution in [0, 0.1) is 5.41 Å². The summed E-state index contributed by atoms with van der Waals surface area (Å²) in [5.41, 5.74) is 9.27. The van der Waals surface area contributed by atoms with E-state index in [1.54, 1.807) is 6.21 Å². The van der Waals surface area contributed by atoms with E-state index < -0.39 is 0 Å². The molecule has 6 heteroatoms. The Hall–Kier alpha value is -2.08. The van der Waals surface area contributed by atoms with Gasteiger partial charge in [0.25, 0.3) is 6.02 Å². The van der Waals surface area contributed by atoms with Crippen LogP contribution in [0.4, 0.5) is 0 Å². The molecule has 1 saturated carbocycles. The van der Waals surface area contributed by atoms with Crippen molar-refractivity contribution >= 4 is 12.2 Å². The van der Waals surface area contributed by atoms with Crippen molar-refractivity contribution in [2.24, 2.45) is 21.3 Å². The number of ether oxygens (including phenoxy) is 2. The lowest BCUT2D eigenvalue weighted by atomic mass is 9.62. The summed E-state index contributed by atoms with van der Waals surface area (Å²) in [6.45, 7) is 3.22. The van der Waals surface area contributed by atoms with E-state index in [0.717, 1.165) is 44.1 Å². The van der Waals surface area contributed by atoms with Gasteiger partial charge in [0, 0.05) is 12.5 Å². The van der Waals surface area contributed by atoms with E-state index in [4.69, 9.17) is 25.0 Å². The number of hydrogen-bond acceptors (Lipinski definition) is 6. The van der Waals surface area contributed by atoms with Gasteiger partial charge in [0.05, 0.1) is 12.3 Å². The third-order valence-electron chi connectivity index (χ3n) is 6.51. The molecule has 0 aromatic heterocycles. The highest BCUT2D eigenvalue weighted by atomic mass is 16.6. The van der Waals surface area contributed by atoms with Gasteiger partial charge in [-0.2, -0.15) is 0 Å². The lowest BCUT2D eigenvalue weighted by molar-refractivity contribution is -0.00984. The molecule has 0 amide bonds. The van der Waals surface area contributed by atoms with Crippen LogP contribution >= 0.6 is 0 Å². The Labute approximate surface area is 160 Å². The predicted octanol–water partition coefficient (Wildman–Crippen LogP) is 3.12. The minimum atomic E-state index is -0.390. The summed E-state index contributed by atoms with van der Waals surface area (Å²) in [5.74, 6) is 0. The zero-order valence-electron chi connectivity index (χ0n) is 16.2. The van der Waals surface area contributed by atoms with Crippen LogP contribution in [0.1, 0.15) is 55.7 Å². The maximum absolute atomic E-state index is 6.00. The Morgan fingerprint density at radius 1 is 1.37 bits per heavy atom. The first-order chi connectivity index (χ1) is 13.1. The summed E-state index contributed by atoms with van der Waals surface area (Å²) in [4.78, 5) is 10.2. The van der Waals surface area contributed by atoms with E-state index in [1.165, 1.54) is 11.1 Å². The fourth-order valence-corrected chi connectivity index (χ4v) is 5.06. The van der Waals surface area contributed by atoms with E-state index in [1.807, 2.05) is 7.11 Å². The summed E-state index contributed by atoms with van der Waals surface area (Å²) in [6, 6.07) is 6.81. The van der Waals surface area contributed by atoms with Crippen LogP contribution in [0.5, 0.6) is 0 Å². The second-order valence-electron chi connectivity index (χ2n) is 7.98. The van der Waals surface area contributed by atoms with Gasteiger partial charge >= 0.3 is 0 Å². The number of hydrogen-bond donors (Lipinski definition) is 1. The summed E-state index contributed by atoms with van der Waals surface area (Å²) in [5, 5.41) is 4.08. The van der Waals surface area contributed by atoms with Gasteiger partial charge < -0.3 is 20.0 Å². The predicted molar refractivity (Wildman–Crippen MR) is 105 cm³/mol. The molecule has 2 N–H and O–H groups in total. The maximum atomic E-state index is 6.00. The van der Waals surface area contributed by atoms with E-state index >= 15 is 0 Å². The fourth-order valence-electron chi connectivity index (χ4n) is 5.06. The van der Waals surface area contributed by atoms with Crippen LogP contribution in [-0.2, 0) is 26.3 Å². The molecule has 0 bridgehead atoms. The van der Waals surface area contributed by atoms with Gasteiger partial charge in [-0.25, -0.2) is 4.99 Å². The van der Waals surface area contributed by atoms with E-state index in [9.17, 15) is 0 Å². The van der Waals surface area contributed by atoms with Gasteiger partial charge in [-0.05, 0) is 61.3 Å². The first kappa shape index (κ1) is 18.3. The van der Waals surface area contributed by atoms with Crippen LogP contribution in [-0.4, -0.2) is 38.7 Å². The quantitative estimate of drug-likeness (QED) is 0.490. The maximum Gasteiger partial charge on any atom is 0.283 e. The van der Waals surface area contributed by atoms with Crippen molar-refractivity contribution in [3.63, 3.8) is 0 Å². The molecule has 1 aliphatic heterocycles. The summed E-state index contributed by atoms with van der Waals surface area (Å²) in [6.07, 6.45) is 8.34. The van der Waals surface area contributed by atoms with E-state index in [-0.39, 0.29) is 11.0 Å². The Bertz CT molecular complexity index is 753. The monoisotopic (exact) mass is 371 g/mol. The number of benzene rings is 1. The van der Waals surface area contributed by atoms with Crippen molar-refractivity contribution in [3.8, 4) is 0 Å². The van der Waals surface area contributed by atoms with Gasteiger partial charge in [-0.3, -0.25) is 0 Å². The second kappa shape index (κ2) is 7.15. The number of amidine groups is 1. The number of oxime groups is 1. The number of nitrogens with zero attached hydrogens (tertiary/aromatic N) is 2. The number of aliphatic imine (C=N–C) groups is 1. The van der Waals surface area contributed by atoms with Gasteiger partial charge in [0.2, 0.25) is 0 Å². The smallest absolute Gasteiger partial charge is 0.283 e. The first-order valence-corrected chi connectivity index (χ1v) is 9.92. The van der Waals surface area contributed by atoms with Crippen molar-refractivity contribution in [1.29, 1.82) is 0 Å². The lowest BCUT2D eigenvalue weighted by Crippen LogP contribution is -2.46. The molecule has 1 aromatic carbocycles. The van der Waals surface area contributed by atoms with Crippen molar-refractivity contribution in [2.75, 3.05) is 20.3 Å². The van der Waals surface area contributed by atoms with Gasteiger partial charge in [-0.1, -0.05) is 24.2 Å². The van der Waals surface area contributed by atoms with Gasteiger partial charge in [-0.15, -0.1) is 0 Å².